The minimum absolute atomic E-state index is 0.668. The number of ether oxygens (including phenoxy) is 1. The zero-order valence-corrected chi connectivity index (χ0v) is 12.4. The van der Waals surface area contributed by atoms with Gasteiger partial charge in [-0.1, -0.05) is 6.07 Å². The average Bonchev–Trinajstić information content (AvgIpc) is 2.91. The third kappa shape index (κ3) is 3.95. The quantitative estimate of drug-likeness (QED) is 0.771. The molecule has 1 aromatic rings. The Morgan fingerprint density at radius 1 is 1.32 bits per heavy atom. The van der Waals surface area contributed by atoms with Crippen molar-refractivity contribution in [3.05, 3.63) is 28.8 Å². The molecule has 3 heteroatoms. The molecule has 1 aliphatic rings. The van der Waals surface area contributed by atoms with E-state index < -0.39 is 0 Å². The number of hydrogen-bond acceptors (Lipinski definition) is 3. The molecule has 0 bridgehead atoms. The van der Waals surface area contributed by atoms with Gasteiger partial charge in [0.25, 0.3) is 0 Å². The van der Waals surface area contributed by atoms with Crippen LogP contribution in [-0.2, 0) is 6.42 Å². The van der Waals surface area contributed by atoms with Gasteiger partial charge in [-0.15, -0.1) is 0 Å². The third-order valence-electron chi connectivity index (χ3n) is 4.02. The molecule has 0 spiro atoms. The fourth-order valence-electron chi connectivity index (χ4n) is 2.67. The van der Waals surface area contributed by atoms with Crippen molar-refractivity contribution in [2.24, 2.45) is 0 Å². The summed E-state index contributed by atoms with van der Waals surface area (Å²) < 4.78 is 5.47. The minimum atomic E-state index is 0.668. The van der Waals surface area contributed by atoms with Crippen LogP contribution in [0.25, 0.3) is 0 Å². The van der Waals surface area contributed by atoms with Crippen LogP contribution in [0.2, 0.25) is 0 Å². The standard InChI is InChI=1S/C16H26N2O/c1-12-9-14(16(19-3)10-13(12)2)6-8-17-11-15-5-4-7-18-15/h9-10,15,17-18H,4-8,11H2,1-3H3. The Kier molecular flexibility index (Phi) is 5.23. The Hall–Kier alpha value is -1.06. The summed E-state index contributed by atoms with van der Waals surface area (Å²) >= 11 is 0. The van der Waals surface area contributed by atoms with Crippen LogP contribution in [0.1, 0.15) is 29.5 Å². The summed E-state index contributed by atoms with van der Waals surface area (Å²) in [5, 5.41) is 7.05. The molecule has 2 N–H and O–H groups in total. The van der Waals surface area contributed by atoms with Crippen molar-refractivity contribution in [2.75, 3.05) is 26.7 Å². The maximum absolute atomic E-state index is 5.47. The highest BCUT2D eigenvalue weighted by molar-refractivity contribution is 5.41. The Labute approximate surface area is 116 Å². The van der Waals surface area contributed by atoms with E-state index in [0.717, 1.165) is 25.3 Å². The van der Waals surface area contributed by atoms with Gasteiger partial charge in [0.15, 0.2) is 0 Å². The van der Waals surface area contributed by atoms with Crippen molar-refractivity contribution < 1.29 is 4.74 Å². The normalized spacial score (nSPS) is 18.8. The van der Waals surface area contributed by atoms with E-state index in [0.29, 0.717) is 6.04 Å². The van der Waals surface area contributed by atoms with Crippen LogP contribution in [0.15, 0.2) is 12.1 Å². The average molecular weight is 262 g/mol. The molecule has 1 aliphatic heterocycles. The van der Waals surface area contributed by atoms with Gasteiger partial charge in [0, 0.05) is 12.6 Å². The van der Waals surface area contributed by atoms with Gasteiger partial charge in [-0.05, 0) is 69.0 Å². The van der Waals surface area contributed by atoms with Gasteiger partial charge in [0.05, 0.1) is 7.11 Å². The molecule has 0 aromatic heterocycles. The first-order valence-electron chi connectivity index (χ1n) is 7.29. The van der Waals surface area contributed by atoms with E-state index in [1.165, 1.54) is 36.1 Å². The lowest BCUT2D eigenvalue weighted by molar-refractivity contribution is 0.408. The van der Waals surface area contributed by atoms with Crippen LogP contribution >= 0.6 is 0 Å². The topological polar surface area (TPSA) is 33.3 Å². The van der Waals surface area contributed by atoms with Crippen LogP contribution in [0.3, 0.4) is 0 Å². The summed E-state index contributed by atoms with van der Waals surface area (Å²) in [6, 6.07) is 5.06. The summed E-state index contributed by atoms with van der Waals surface area (Å²) in [5.41, 5.74) is 3.94. The van der Waals surface area contributed by atoms with Crippen molar-refractivity contribution in [3.8, 4) is 5.75 Å². The molecule has 1 aromatic carbocycles. The highest BCUT2D eigenvalue weighted by Gasteiger charge is 2.13. The monoisotopic (exact) mass is 262 g/mol. The molecule has 19 heavy (non-hydrogen) atoms. The highest BCUT2D eigenvalue weighted by atomic mass is 16.5. The van der Waals surface area contributed by atoms with E-state index in [9.17, 15) is 0 Å². The SMILES string of the molecule is COc1cc(C)c(C)cc1CCNCC1CCCN1. The molecule has 2 rings (SSSR count). The number of benzene rings is 1. The smallest absolute Gasteiger partial charge is 0.122 e. The first-order valence-corrected chi connectivity index (χ1v) is 7.29. The van der Waals surface area contributed by atoms with Gasteiger partial charge in [-0.2, -0.15) is 0 Å². The van der Waals surface area contributed by atoms with Gasteiger partial charge in [-0.3, -0.25) is 0 Å². The van der Waals surface area contributed by atoms with E-state index >= 15 is 0 Å². The summed E-state index contributed by atoms with van der Waals surface area (Å²) in [7, 11) is 1.75. The lowest BCUT2D eigenvalue weighted by Crippen LogP contribution is -2.34. The molecule has 0 radical (unpaired) electrons. The van der Waals surface area contributed by atoms with Crippen molar-refractivity contribution in [2.45, 2.75) is 39.2 Å². The summed E-state index contributed by atoms with van der Waals surface area (Å²) in [5.74, 6) is 1.02. The van der Waals surface area contributed by atoms with E-state index in [2.05, 4.69) is 36.6 Å². The number of rotatable bonds is 6. The summed E-state index contributed by atoms with van der Waals surface area (Å²) in [6.07, 6.45) is 3.65. The van der Waals surface area contributed by atoms with Crippen LogP contribution in [-0.4, -0.2) is 32.8 Å². The fourth-order valence-corrected chi connectivity index (χ4v) is 2.67. The van der Waals surface area contributed by atoms with Crippen molar-refractivity contribution >= 4 is 0 Å². The van der Waals surface area contributed by atoms with E-state index in [1.54, 1.807) is 7.11 Å². The third-order valence-corrected chi connectivity index (χ3v) is 4.02. The van der Waals surface area contributed by atoms with Crippen LogP contribution in [0.5, 0.6) is 5.75 Å². The fraction of sp³-hybridized carbons (Fsp3) is 0.625. The van der Waals surface area contributed by atoms with Gasteiger partial charge in [0.2, 0.25) is 0 Å². The highest BCUT2D eigenvalue weighted by Crippen LogP contribution is 2.23. The van der Waals surface area contributed by atoms with Crippen molar-refractivity contribution in [3.63, 3.8) is 0 Å². The minimum Gasteiger partial charge on any atom is -0.496 e. The predicted molar refractivity (Wildman–Crippen MR) is 80.1 cm³/mol. The zero-order chi connectivity index (χ0) is 13.7. The largest absolute Gasteiger partial charge is 0.496 e. The number of methoxy groups -OCH3 is 1. The van der Waals surface area contributed by atoms with Crippen molar-refractivity contribution in [1.82, 2.24) is 10.6 Å². The molecular formula is C16H26N2O. The predicted octanol–water partition coefficient (Wildman–Crippen LogP) is 2.20. The summed E-state index contributed by atoms with van der Waals surface area (Å²) in [4.78, 5) is 0. The van der Waals surface area contributed by atoms with Crippen LogP contribution < -0.4 is 15.4 Å². The molecule has 0 aliphatic carbocycles. The second kappa shape index (κ2) is 6.92. The molecule has 0 saturated carbocycles. The molecule has 106 valence electrons. The second-order valence-electron chi connectivity index (χ2n) is 5.50. The maximum Gasteiger partial charge on any atom is 0.122 e. The Balaban J connectivity index is 1.82. The van der Waals surface area contributed by atoms with E-state index in [1.807, 2.05) is 0 Å². The number of aryl methyl sites for hydroxylation is 2. The Bertz CT molecular complexity index is 411. The molecular weight excluding hydrogens is 236 g/mol. The van der Waals surface area contributed by atoms with Crippen LogP contribution in [0, 0.1) is 13.8 Å². The number of nitrogens with one attached hydrogen (secondary N) is 2. The van der Waals surface area contributed by atoms with Gasteiger partial charge in [0.1, 0.15) is 5.75 Å². The van der Waals surface area contributed by atoms with Crippen molar-refractivity contribution in [1.29, 1.82) is 0 Å². The molecule has 1 saturated heterocycles. The zero-order valence-electron chi connectivity index (χ0n) is 12.4. The molecule has 3 nitrogen and oxygen atoms in total. The summed E-state index contributed by atoms with van der Waals surface area (Å²) in [6.45, 7) is 7.56. The molecule has 0 amide bonds. The lowest BCUT2D eigenvalue weighted by atomic mass is 10.0. The van der Waals surface area contributed by atoms with Gasteiger partial charge in [-0.25, -0.2) is 0 Å². The van der Waals surface area contributed by atoms with E-state index in [-0.39, 0.29) is 0 Å². The molecule has 1 atom stereocenters. The Morgan fingerprint density at radius 3 is 2.79 bits per heavy atom. The number of hydrogen-bond donors (Lipinski definition) is 2. The molecule has 1 fully saturated rings. The maximum atomic E-state index is 5.47. The van der Waals surface area contributed by atoms with Gasteiger partial charge < -0.3 is 15.4 Å². The Morgan fingerprint density at radius 2 is 2.11 bits per heavy atom. The first kappa shape index (κ1) is 14.4. The van der Waals surface area contributed by atoms with Gasteiger partial charge >= 0.3 is 0 Å². The molecule has 1 heterocycles. The lowest BCUT2D eigenvalue weighted by Gasteiger charge is -2.14. The second-order valence-corrected chi connectivity index (χ2v) is 5.50. The first-order chi connectivity index (χ1) is 9.20. The molecule has 1 unspecified atom stereocenters. The van der Waals surface area contributed by atoms with E-state index in [4.69, 9.17) is 4.74 Å². The van der Waals surface area contributed by atoms with Crippen LogP contribution in [0.4, 0.5) is 0 Å².